The molecule has 2 aliphatic carbocycles. The minimum absolute atomic E-state index is 0.0135. The van der Waals surface area contributed by atoms with E-state index in [1.165, 1.54) is 6.42 Å². The lowest BCUT2D eigenvalue weighted by atomic mass is 9.74. The van der Waals surface area contributed by atoms with Gasteiger partial charge >= 0.3 is 0 Å². The van der Waals surface area contributed by atoms with Crippen LogP contribution in [-0.4, -0.2) is 52.5 Å². The molecule has 2 saturated carbocycles. The van der Waals surface area contributed by atoms with Crippen molar-refractivity contribution >= 4 is 39.3 Å². The second-order valence-corrected chi connectivity index (χ2v) is 12.0. The number of anilines is 1. The molecule has 8 heteroatoms. The van der Waals surface area contributed by atoms with Crippen molar-refractivity contribution in [2.24, 2.45) is 11.8 Å². The molecule has 6 rings (SSSR count). The highest BCUT2D eigenvalue weighted by molar-refractivity contribution is 9.10. The van der Waals surface area contributed by atoms with Crippen molar-refractivity contribution in [1.82, 2.24) is 10.2 Å². The van der Waals surface area contributed by atoms with Crippen molar-refractivity contribution in [3.8, 4) is 0 Å². The van der Waals surface area contributed by atoms with Gasteiger partial charge in [-0.15, -0.1) is 0 Å². The standard InChI is InChI=1S/C28H34BrN3O4/c29-17-11-13-19(14-12-17)30-25(33)22-21-15-16-28(36-21)23(22)27(35)32(20-9-5-2-6-10-20)24(28)26(34)31-18-7-3-1-4-8-18/h11-16,18,20-24H,1-10H2,(H,30,33)(H,31,34)/t21-,22+,23-,24+,28-/m1/s1. The first kappa shape index (κ1) is 24.2. The van der Waals surface area contributed by atoms with E-state index in [-0.39, 0.29) is 29.8 Å². The number of nitrogens with one attached hydrogen (secondary N) is 2. The summed E-state index contributed by atoms with van der Waals surface area (Å²) in [7, 11) is 0. The number of benzene rings is 1. The van der Waals surface area contributed by atoms with Gasteiger partial charge in [0.05, 0.1) is 17.9 Å². The molecule has 2 bridgehead atoms. The number of hydrogen-bond donors (Lipinski definition) is 2. The molecule has 1 aromatic carbocycles. The number of nitrogens with zero attached hydrogens (tertiary/aromatic N) is 1. The summed E-state index contributed by atoms with van der Waals surface area (Å²) in [5, 5.41) is 6.26. The van der Waals surface area contributed by atoms with Gasteiger partial charge in [0.25, 0.3) is 0 Å². The van der Waals surface area contributed by atoms with Crippen molar-refractivity contribution in [3.63, 3.8) is 0 Å². The molecule has 5 aliphatic rings. The Hall–Kier alpha value is -2.19. The molecule has 5 atom stereocenters. The monoisotopic (exact) mass is 555 g/mol. The summed E-state index contributed by atoms with van der Waals surface area (Å²) < 4.78 is 7.41. The van der Waals surface area contributed by atoms with E-state index in [9.17, 15) is 14.4 Å². The van der Waals surface area contributed by atoms with Gasteiger partial charge in [-0.2, -0.15) is 0 Å². The highest BCUT2D eigenvalue weighted by Crippen LogP contribution is 2.56. The van der Waals surface area contributed by atoms with E-state index < -0.39 is 29.6 Å². The second-order valence-electron chi connectivity index (χ2n) is 11.1. The number of amides is 3. The molecule has 2 N–H and O–H groups in total. The number of halogens is 1. The fraction of sp³-hybridized carbons (Fsp3) is 0.607. The molecule has 0 radical (unpaired) electrons. The number of carbonyl (C=O) groups is 3. The normalized spacial score (nSPS) is 34.1. The van der Waals surface area contributed by atoms with Gasteiger partial charge < -0.3 is 20.3 Å². The Morgan fingerprint density at radius 2 is 1.61 bits per heavy atom. The maximum atomic E-state index is 14.1. The van der Waals surface area contributed by atoms with Crippen molar-refractivity contribution in [3.05, 3.63) is 40.9 Å². The van der Waals surface area contributed by atoms with Gasteiger partial charge in [-0.1, -0.05) is 66.6 Å². The summed E-state index contributed by atoms with van der Waals surface area (Å²) in [6.07, 6.45) is 13.7. The van der Waals surface area contributed by atoms with E-state index in [0.29, 0.717) is 5.69 Å². The van der Waals surface area contributed by atoms with Crippen molar-refractivity contribution in [1.29, 1.82) is 0 Å². The van der Waals surface area contributed by atoms with E-state index in [2.05, 4.69) is 26.6 Å². The van der Waals surface area contributed by atoms with Gasteiger partial charge in [0, 0.05) is 22.2 Å². The van der Waals surface area contributed by atoms with E-state index in [1.807, 2.05) is 41.3 Å². The number of rotatable bonds is 5. The largest absolute Gasteiger partial charge is 0.359 e. The van der Waals surface area contributed by atoms with Crippen LogP contribution in [0.5, 0.6) is 0 Å². The topological polar surface area (TPSA) is 87.7 Å². The summed E-state index contributed by atoms with van der Waals surface area (Å²) in [4.78, 5) is 43.4. The minimum Gasteiger partial charge on any atom is -0.359 e. The lowest BCUT2D eigenvalue weighted by molar-refractivity contribution is -0.144. The molecule has 3 amide bonds. The third-order valence-electron chi connectivity index (χ3n) is 8.89. The molecule has 1 aromatic rings. The van der Waals surface area contributed by atoms with Gasteiger partial charge in [-0.3, -0.25) is 14.4 Å². The zero-order chi connectivity index (χ0) is 24.9. The van der Waals surface area contributed by atoms with E-state index in [4.69, 9.17) is 4.74 Å². The molecule has 7 nitrogen and oxygen atoms in total. The van der Waals surface area contributed by atoms with Gasteiger partial charge in [0.2, 0.25) is 17.7 Å². The van der Waals surface area contributed by atoms with Crippen LogP contribution in [0, 0.1) is 11.8 Å². The summed E-state index contributed by atoms with van der Waals surface area (Å²) >= 11 is 3.42. The summed E-state index contributed by atoms with van der Waals surface area (Å²) in [5.74, 6) is -1.81. The number of hydrogen-bond acceptors (Lipinski definition) is 4. The van der Waals surface area contributed by atoms with Crippen LogP contribution < -0.4 is 10.6 Å². The lowest BCUT2D eigenvalue weighted by Crippen LogP contribution is -2.58. The van der Waals surface area contributed by atoms with Crippen LogP contribution >= 0.6 is 15.9 Å². The molecule has 4 fully saturated rings. The van der Waals surface area contributed by atoms with Crippen LogP contribution in [-0.2, 0) is 19.1 Å². The predicted octanol–water partition coefficient (Wildman–Crippen LogP) is 4.32. The molecular formula is C28H34BrN3O4. The third-order valence-corrected chi connectivity index (χ3v) is 9.42. The average Bonchev–Trinajstić information content (AvgIpc) is 3.54. The van der Waals surface area contributed by atoms with Crippen LogP contribution in [0.2, 0.25) is 0 Å². The zero-order valence-corrected chi connectivity index (χ0v) is 22.0. The van der Waals surface area contributed by atoms with Gasteiger partial charge in [0.15, 0.2) is 0 Å². The smallest absolute Gasteiger partial charge is 0.246 e. The van der Waals surface area contributed by atoms with E-state index >= 15 is 0 Å². The van der Waals surface area contributed by atoms with Crippen LogP contribution in [0.25, 0.3) is 0 Å². The van der Waals surface area contributed by atoms with E-state index in [0.717, 1.165) is 62.3 Å². The first-order chi connectivity index (χ1) is 17.5. The molecular weight excluding hydrogens is 522 g/mol. The Morgan fingerprint density at radius 1 is 0.944 bits per heavy atom. The first-order valence-corrected chi connectivity index (χ1v) is 14.3. The van der Waals surface area contributed by atoms with Crippen LogP contribution in [0.15, 0.2) is 40.9 Å². The first-order valence-electron chi connectivity index (χ1n) is 13.5. The Balaban J connectivity index is 1.31. The SMILES string of the molecule is O=C(Nc1ccc(Br)cc1)[C@H]1[C@H]2C=C[C@]3(O2)[C@H](C(=O)NC2CCCCC2)N(C2CCCCC2)C(=O)[C@@H]13. The van der Waals surface area contributed by atoms with Crippen molar-refractivity contribution in [2.75, 3.05) is 5.32 Å². The number of carbonyl (C=O) groups excluding carboxylic acids is 3. The number of likely N-dealkylation sites (tertiary alicyclic amines) is 1. The quantitative estimate of drug-likeness (QED) is 0.529. The molecule has 192 valence electrons. The minimum atomic E-state index is -1.08. The van der Waals surface area contributed by atoms with E-state index in [1.54, 1.807) is 0 Å². The second kappa shape index (κ2) is 9.60. The van der Waals surface area contributed by atoms with Gasteiger partial charge in [-0.05, 0) is 49.9 Å². The van der Waals surface area contributed by atoms with Gasteiger partial charge in [-0.25, -0.2) is 0 Å². The maximum absolute atomic E-state index is 14.1. The van der Waals surface area contributed by atoms with Crippen LogP contribution in [0.4, 0.5) is 5.69 Å². The Morgan fingerprint density at radius 3 is 2.31 bits per heavy atom. The number of ether oxygens (including phenoxy) is 1. The maximum Gasteiger partial charge on any atom is 0.246 e. The summed E-state index contributed by atoms with van der Waals surface area (Å²) in [6, 6.07) is 6.81. The zero-order valence-electron chi connectivity index (χ0n) is 20.5. The van der Waals surface area contributed by atoms with Crippen molar-refractivity contribution in [2.45, 2.75) is 94.0 Å². The molecule has 3 heterocycles. The highest BCUT2D eigenvalue weighted by atomic mass is 79.9. The molecule has 1 spiro atoms. The molecule has 0 unspecified atom stereocenters. The third kappa shape index (κ3) is 4.01. The molecule has 36 heavy (non-hydrogen) atoms. The number of fused-ring (bicyclic) bond motifs is 1. The van der Waals surface area contributed by atoms with Crippen LogP contribution in [0.3, 0.4) is 0 Å². The lowest BCUT2D eigenvalue weighted by Gasteiger charge is -2.39. The van der Waals surface area contributed by atoms with Gasteiger partial charge in [0.1, 0.15) is 11.6 Å². The fourth-order valence-electron chi connectivity index (χ4n) is 7.24. The average molecular weight is 557 g/mol. The van der Waals surface area contributed by atoms with Crippen LogP contribution in [0.1, 0.15) is 64.2 Å². The highest BCUT2D eigenvalue weighted by Gasteiger charge is 2.73. The predicted molar refractivity (Wildman–Crippen MR) is 139 cm³/mol. The fourth-order valence-corrected chi connectivity index (χ4v) is 7.51. The molecule has 0 aromatic heterocycles. The molecule has 3 aliphatic heterocycles. The molecule has 2 saturated heterocycles. The summed E-state index contributed by atoms with van der Waals surface area (Å²) in [6.45, 7) is 0. The Labute approximate surface area is 220 Å². The van der Waals surface area contributed by atoms with Crippen molar-refractivity contribution < 1.29 is 19.1 Å². The summed E-state index contributed by atoms with van der Waals surface area (Å²) in [5.41, 5.74) is -0.412. The Bertz CT molecular complexity index is 1060. The Kier molecular flexibility index (Phi) is 6.44.